The van der Waals surface area contributed by atoms with Gasteiger partial charge in [0.05, 0.1) is 12.0 Å². The van der Waals surface area contributed by atoms with Crippen LogP contribution in [0.15, 0.2) is 35.3 Å². The maximum Gasteiger partial charge on any atom is 0.313 e. The number of esters is 1. The number of H-pyrrole nitrogens is 1. The van der Waals surface area contributed by atoms with E-state index >= 15 is 0 Å². The summed E-state index contributed by atoms with van der Waals surface area (Å²) in [7, 11) is 0. The first-order valence-corrected chi connectivity index (χ1v) is 6.52. The maximum absolute atomic E-state index is 11.6. The van der Waals surface area contributed by atoms with Gasteiger partial charge in [0.2, 0.25) is 0 Å². The molecule has 0 amide bonds. The number of benzene rings is 1. The number of aromatic amines is 1. The number of pyridine rings is 1. The lowest BCUT2D eigenvalue weighted by Gasteiger charge is -2.08. The Morgan fingerprint density at radius 1 is 1.19 bits per heavy atom. The molecule has 0 unspecified atom stereocenters. The van der Waals surface area contributed by atoms with E-state index in [-0.39, 0.29) is 31.0 Å². The van der Waals surface area contributed by atoms with Crippen molar-refractivity contribution >= 4 is 22.5 Å². The zero-order valence-corrected chi connectivity index (χ0v) is 11.5. The summed E-state index contributed by atoms with van der Waals surface area (Å²) in [6.07, 6.45) is 1.19. The molecule has 1 aromatic heterocycles. The topological polar surface area (TPSA) is 85.5 Å². The first-order chi connectivity index (χ1) is 10.1. The fourth-order valence-electron chi connectivity index (χ4n) is 1.90. The first-order valence-electron chi connectivity index (χ1n) is 6.52. The molecule has 6 heteroatoms. The molecule has 1 aromatic carbocycles. The van der Waals surface area contributed by atoms with Crippen molar-refractivity contribution in [2.24, 2.45) is 0 Å². The Morgan fingerprint density at radius 3 is 2.76 bits per heavy atom. The molecule has 0 spiro atoms. The van der Waals surface area contributed by atoms with Gasteiger partial charge in [-0.3, -0.25) is 14.4 Å². The Morgan fingerprint density at radius 2 is 2.00 bits per heavy atom. The van der Waals surface area contributed by atoms with Crippen molar-refractivity contribution in [2.75, 3.05) is 13.2 Å². The average molecular weight is 289 g/mol. The normalized spacial score (nSPS) is 10.3. The molecule has 2 rings (SSSR count). The highest BCUT2D eigenvalue weighted by atomic mass is 16.5. The van der Waals surface area contributed by atoms with Crippen LogP contribution in [0.1, 0.15) is 13.3 Å². The number of carbonyl (C=O) groups is 2. The van der Waals surface area contributed by atoms with E-state index in [1.54, 1.807) is 31.2 Å². The van der Waals surface area contributed by atoms with Crippen molar-refractivity contribution < 1.29 is 19.1 Å². The van der Waals surface area contributed by atoms with Crippen LogP contribution >= 0.6 is 0 Å². The lowest BCUT2D eigenvalue weighted by atomic mass is 10.1. The number of Topliss-reactive ketones (excluding diaryl/α,β-unsaturated/α-hetero) is 1. The summed E-state index contributed by atoms with van der Waals surface area (Å²) >= 11 is 0. The fourth-order valence-corrected chi connectivity index (χ4v) is 1.90. The molecule has 0 fully saturated rings. The summed E-state index contributed by atoms with van der Waals surface area (Å²) in [5.74, 6) is -0.522. The molecule has 0 saturated carbocycles. The van der Waals surface area contributed by atoms with Crippen LogP contribution in [-0.4, -0.2) is 30.0 Å². The minimum absolute atomic E-state index is 0.226. The van der Waals surface area contributed by atoms with Crippen LogP contribution in [0.5, 0.6) is 5.75 Å². The molecule has 2 aromatic rings. The summed E-state index contributed by atoms with van der Waals surface area (Å²) in [5.41, 5.74) is -0.226. The van der Waals surface area contributed by atoms with Gasteiger partial charge < -0.3 is 14.5 Å². The molecule has 1 N–H and O–H groups in total. The summed E-state index contributed by atoms with van der Waals surface area (Å²) < 4.78 is 10.1. The smallest absolute Gasteiger partial charge is 0.313 e. The summed E-state index contributed by atoms with van der Waals surface area (Å²) in [6.45, 7) is 1.66. The van der Waals surface area contributed by atoms with Crippen LogP contribution < -0.4 is 10.3 Å². The lowest BCUT2D eigenvalue weighted by Crippen LogP contribution is -2.17. The van der Waals surface area contributed by atoms with Gasteiger partial charge in [0, 0.05) is 11.6 Å². The van der Waals surface area contributed by atoms with E-state index in [1.807, 2.05) is 0 Å². The van der Waals surface area contributed by atoms with Gasteiger partial charge in [0.1, 0.15) is 18.8 Å². The van der Waals surface area contributed by atoms with Crippen LogP contribution in [0.4, 0.5) is 0 Å². The second kappa shape index (κ2) is 6.69. The van der Waals surface area contributed by atoms with Crippen molar-refractivity contribution in [3.63, 3.8) is 0 Å². The van der Waals surface area contributed by atoms with Crippen LogP contribution in [0.2, 0.25) is 0 Å². The molecule has 0 aliphatic heterocycles. The molecule has 0 saturated heterocycles. The third-order valence-corrected chi connectivity index (χ3v) is 2.81. The Hall–Kier alpha value is -2.63. The van der Waals surface area contributed by atoms with Crippen LogP contribution in [0.3, 0.4) is 0 Å². The number of hydrogen-bond donors (Lipinski definition) is 1. The van der Waals surface area contributed by atoms with Crippen molar-refractivity contribution in [3.05, 3.63) is 40.8 Å². The quantitative estimate of drug-likeness (QED) is 0.642. The Bertz CT molecular complexity index is 719. The monoisotopic (exact) mass is 289 g/mol. The van der Waals surface area contributed by atoms with Crippen molar-refractivity contribution in [2.45, 2.75) is 13.3 Å². The van der Waals surface area contributed by atoms with Gasteiger partial charge in [0.15, 0.2) is 5.78 Å². The van der Waals surface area contributed by atoms with Gasteiger partial charge >= 0.3 is 5.97 Å². The third kappa shape index (κ3) is 3.68. The molecule has 1 heterocycles. The highest BCUT2D eigenvalue weighted by Gasteiger charge is 2.12. The van der Waals surface area contributed by atoms with E-state index in [1.165, 1.54) is 6.20 Å². The van der Waals surface area contributed by atoms with Gasteiger partial charge in [-0.25, -0.2) is 0 Å². The number of ether oxygens (including phenoxy) is 2. The number of aromatic nitrogens is 1. The van der Waals surface area contributed by atoms with Crippen LogP contribution in [-0.2, 0) is 14.3 Å². The number of ketones is 1. The maximum atomic E-state index is 11.6. The molecular weight excluding hydrogens is 274 g/mol. The number of fused-ring (bicyclic) bond motifs is 1. The van der Waals surface area contributed by atoms with Gasteiger partial charge in [-0.15, -0.1) is 0 Å². The van der Waals surface area contributed by atoms with Crippen molar-refractivity contribution in [3.8, 4) is 5.75 Å². The van der Waals surface area contributed by atoms with Crippen molar-refractivity contribution in [1.82, 2.24) is 4.98 Å². The summed E-state index contributed by atoms with van der Waals surface area (Å²) in [4.78, 5) is 37.0. The summed E-state index contributed by atoms with van der Waals surface area (Å²) in [6, 6.07) is 6.70. The molecule has 0 bridgehead atoms. The zero-order valence-electron chi connectivity index (χ0n) is 11.5. The minimum atomic E-state index is -0.569. The number of hydrogen-bond acceptors (Lipinski definition) is 5. The number of rotatable bonds is 6. The number of nitrogens with one attached hydrogen (secondary N) is 1. The third-order valence-electron chi connectivity index (χ3n) is 2.81. The van der Waals surface area contributed by atoms with E-state index in [2.05, 4.69) is 9.72 Å². The van der Waals surface area contributed by atoms with Crippen molar-refractivity contribution in [1.29, 1.82) is 0 Å². The first kappa shape index (κ1) is 14.8. The second-order valence-electron chi connectivity index (χ2n) is 4.33. The van der Waals surface area contributed by atoms with E-state index in [0.717, 1.165) is 0 Å². The fraction of sp³-hybridized carbons (Fsp3) is 0.267. The predicted molar refractivity (Wildman–Crippen MR) is 76.3 cm³/mol. The zero-order chi connectivity index (χ0) is 15.2. The molecule has 0 atom stereocenters. The van der Waals surface area contributed by atoms with E-state index < -0.39 is 5.97 Å². The van der Waals surface area contributed by atoms with E-state index in [9.17, 15) is 14.4 Å². The Labute approximate surface area is 120 Å². The predicted octanol–water partition coefficient (Wildman–Crippen LogP) is 1.43. The molecule has 21 heavy (non-hydrogen) atoms. The Balaban J connectivity index is 2.07. The molecule has 0 aliphatic carbocycles. The molecule has 110 valence electrons. The van der Waals surface area contributed by atoms with Crippen LogP contribution in [0, 0.1) is 0 Å². The largest absolute Gasteiger partial charge is 0.485 e. The van der Waals surface area contributed by atoms with E-state index in [0.29, 0.717) is 16.5 Å². The second-order valence-corrected chi connectivity index (χ2v) is 4.33. The standard InChI is InChI=1S/C15H15NO5/c1-2-20-14(18)8-10(17)9-21-13-5-3-4-12-11(13)6-7-16-15(12)19/h3-7H,2,8-9H2,1H3,(H,16,19). The molecular formula is C15H15NO5. The minimum Gasteiger partial charge on any atom is -0.485 e. The van der Waals surface area contributed by atoms with Gasteiger partial charge in [-0.05, 0) is 25.1 Å². The summed E-state index contributed by atoms with van der Waals surface area (Å²) in [5, 5.41) is 1.10. The molecule has 6 nitrogen and oxygen atoms in total. The SMILES string of the molecule is CCOC(=O)CC(=O)COc1cccc2c(=O)[nH]ccc12. The van der Waals surface area contributed by atoms with Crippen LogP contribution in [0.25, 0.3) is 10.8 Å². The van der Waals surface area contributed by atoms with Gasteiger partial charge in [0.25, 0.3) is 5.56 Å². The average Bonchev–Trinajstić information content (AvgIpc) is 2.46. The van der Waals surface area contributed by atoms with E-state index in [4.69, 9.17) is 4.74 Å². The molecule has 0 radical (unpaired) electrons. The Kier molecular flexibility index (Phi) is 4.71. The number of carbonyl (C=O) groups excluding carboxylic acids is 2. The van der Waals surface area contributed by atoms with Gasteiger partial charge in [-0.1, -0.05) is 6.07 Å². The highest BCUT2D eigenvalue weighted by Crippen LogP contribution is 2.22. The van der Waals surface area contributed by atoms with Gasteiger partial charge in [-0.2, -0.15) is 0 Å². The lowest BCUT2D eigenvalue weighted by molar-refractivity contribution is -0.145. The molecule has 0 aliphatic rings. The highest BCUT2D eigenvalue weighted by molar-refractivity contribution is 5.96.